The quantitative estimate of drug-likeness (QED) is 0.822. The molecule has 0 bridgehead atoms. The first-order chi connectivity index (χ1) is 8.40. The summed E-state index contributed by atoms with van der Waals surface area (Å²) in [5.74, 6) is 0.381. The van der Waals surface area contributed by atoms with Crippen molar-refractivity contribution in [3.63, 3.8) is 0 Å². The summed E-state index contributed by atoms with van der Waals surface area (Å²) in [4.78, 5) is 0.354. The van der Waals surface area contributed by atoms with Crippen molar-refractivity contribution in [2.45, 2.75) is 32.1 Å². The molecule has 0 saturated heterocycles. The highest BCUT2D eigenvalue weighted by atomic mass is 32.2. The lowest BCUT2D eigenvalue weighted by atomic mass is 9.91. The van der Waals surface area contributed by atoms with Crippen molar-refractivity contribution in [2.75, 3.05) is 5.75 Å². The van der Waals surface area contributed by atoms with Crippen molar-refractivity contribution >= 4 is 9.84 Å². The van der Waals surface area contributed by atoms with Crippen LogP contribution >= 0.6 is 0 Å². The smallest absolute Gasteiger partial charge is 0.178 e. The Balaban J connectivity index is 2.88. The Labute approximate surface area is 109 Å². The molecule has 0 aliphatic rings. The van der Waals surface area contributed by atoms with Crippen LogP contribution in [0.25, 0.3) is 0 Å². The summed E-state index contributed by atoms with van der Waals surface area (Å²) in [5, 5.41) is 9.03. The largest absolute Gasteiger partial charge is 0.224 e. The molecule has 4 heteroatoms. The summed E-state index contributed by atoms with van der Waals surface area (Å²) in [6.07, 6.45) is 0.667. The third-order valence-corrected chi connectivity index (χ3v) is 4.84. The van der Waals surface area contributed by atoms with E-state index in [1.54, 1.807) is 31.2 Å². The van der Waals surface area contributed by atoms with Gasteiger partial charge < -0.3 is 0 Å². The van der Waals surface area contributed by atoms with Gasteiger partial charge in [0.1, 0.15) is 0 Å². The first-order valence-corrected chi connectivity index (χ1v) is 7.77. The minimum atomic E-state index is -3.13. The van der Waals surface area contributed by atoms with Gasteiger partial charge >= 0.3 is 0 Å². The van der Waals surface area contributed by atoms with Crippen molar-refractivity contribution in [3.05, 3.63) is 29.8 Å². The average Bonchev–Trinajstić information content (AvgIpc) is 2.36. The van der Waals surface area contributed by atoms with E-state index in [0.29, 0.717) is 17.2 Å². The molecule has 1 aromatic rings. The highest BCUT2D eigenvalue weighted by molar-refractivity contribution is 7.91. The topological polar surface area (TPSA) is 57.9 Å². The van der Waals surface area contributed by atoms with Gasteiger partial charge in [-0.1, -0.05) is 32.9 Å². The molecule has 0 radical (unpaired) electrons. The van der Waals surface area contributed by atoms with Gasteiger partial charge in [0.15, 0.2) is 9.84 Å². The SMILES string of the molecule is CCS(=O)(=O)c1ccc(CC(C#N)C(C)C)cc1. The zero-order chi connectivity index (χ0) is 13.8. The fraction of sp³-hybridized carbons (Fsp3) is 0.500. The van der Waals surface area contributed by atoms with Crippen molar-refractivity contribution in [2.24, 2.45) is 11.8 Å². The molecule has 98 valence electrons. The lowest BCUT2D eigenvalue weighted by Crippen LogP contribution is -2.10. The van der Waals surface area contributed by atoms with E-state index in [4.69, 9.17) is 5.26 Å². The number of benzene rings is 1. The van der Waals surface area contributed by atoms with Crippen LogP contribution in [0.2, 0.25) is 0 Å². The molecule has 0 aliphatic heterocycles. The molecule has 18 heavy (non-hydrogen) atoms. The second-order valence-corrected chi connectivity index (χ2v) is 7.01. The van der Waals surface area contributed by atoms with Gasteiger partial charge in [0.25, 0.3) is 0 Å². The Morgan fingerprint density at radius 3 is 2.17 bits per heavy atom. The standard InChI is InChI=1S/C14H19NO2S/c1-4-18(16,17)14-7-5-12(6-8-14)9-13(10-15)11(2)3/h5-8,11,13H,4,9H2,1-3H3. The number of rotatable bonds is 5. The van der Waals surface area contributed by atoms with E-state index in [-0.39, 0.29) is 11.7 Å². The molecule has 0 fully saturated rings. The van der Waals surface area contributed by atoms with Crippen LogP contribution in [0.5, 0.6) is 0 Å². The van der Waals surface area contributed by atoms with Gasteiger partial charge in [-0.25, -0.2) is 8.42 Å². The zero-order valence-corrected chi connectivity index (χ0v) is 11.9. The lowest BCUT2D eigenvalue weighted by molar-refractivity contribution is 0.474. The fourth-order valence-electron chi connectivity index (χ4n) is 1.68. The van der Waals surface area contributed by atoms with Crippen LogP contribution in [0.15, 0.2) is 29.2 Å². The highest BCUT2D eigenvalue weighted by Crippen LogP contribution is 2.18. The number of hydrogen-bond acceptors (Lipinski definition) is 3. The molecule has 1 unspecified atom stereocenters. The number of hydrogen-bond donors (Lipinski definition) is 0. The number of sulfone groups is 1. The van der Waals surface area contributed by atoms with Crippen molar-refractivity contribution in [3.8, 4) is 6.07 Å². The molecule has 1 rings (SSSR count). The summed E-state index contributed by atoms with van der Waals surface area (Å²) >= 11 is 0. The van der Waals surface area contributed by atoms with Gasteiger partial charge in [0.05, 0.1) is 22.6 Å². The molecule has 0 aromatic heterocycles. The third-order valence-electron chi connectivity index (χ3n) is 3.09. The Morgan fingerprint density at radius 2 is 1.78 bits per heavy atom. The van der Waals surface area contributed by atoms with Crippen molar-refractivity contribution in [1.82, 2.24) is 0 Å². The molecule has 0 spiro atoms. The molecule has 0 amide bonds. The van der Waals surface area contributed by atoms with Crippen LogP contribution in [0.4, 0.5) is 0 Å². The third kappa shape index (κ3) is 3.58. The van der Waals surface area contributed by atoms with E-state index in [0.717, 1.165) is 5.56 Å². The summed E-state index contributed by atoms with van der Waals surface area (Å²) < 4.78 is 23.3. The monoisotopic (exact) mass is 265 g/mol. The van der Waals surface area contributed by atoms with Crippen LogP contribution in [0, 0.1) is 23.2 Å². The molecule has 1 atom stereocenters. The van der Waals surface area contributed by atoms with E-state index in [1.807, 2.05) is 13.8 Å². The summed E-state index contributed by atoms with van der Waals surface area (Å²) in [5.41, 5.74) is 1.00. The first kappa shape index (κ1) is 14.7. The van der Waals surface area contributed by atoms with Crippen LogP contribution in [0.1, 0.15) is 26.3 Å². The van der Waals surface area contributed by atoms with E-state index in [2.05, 4.69) is 6.07 Å². The molecule has 3 nitrogen and oxygen atoms in total. The van der Waals surface area contributed by atoms with E-state index >= 15 is 0 Å². The van der Waals surface area contributed by atoms with E-state index in [9.17, 15) is 8.42 Å². The Bertz CT molecular complexity index is 524. The van der Waals surface area contributed by atoms with Crippen LogP contribution in [0.3, 0.4) is 0 Å². The van der Waals surface area contributed by atoms with Gasteiger partial charge in [-0.3, -0.25) is 0 Å². The minimum Gasteiger partial charge on any atom is -0.224 e. The average molecular weight is 265 g/mol. The Kier molecular flexibility index (Phi) is 4.92. The van der Waals surface area contributed by atoms with Crippen LogP contribution in [-0.2, 0) is 16.3 Å². The van der Waals surface area contributed by atoms with Gasteiger partial charge in [-0.15, -0.1) is 0 Å². The normalized spacial score (nSPS) is 13.3. The molecule has 0 N–H and O–H groups in total. The van der Waals surface area contributed by atoms with Gasteiger partial charge in [0, 0.05) is 0 Å². The van der Waals surface area contributed by atoms with Crippen LogP contribution in [-0.4, -0.2) is 14.2 Å². The Hall–Kier alpha value is -1.34. The maximum atomic E-state index is 11.6. The maximum absolute atomic E-state index is 11.6. The summed E-state index contributed by atoms with van der Waals surface area (Å²) in [7, 11) is -3.13. The first-order valence-electron chi connectivity index (χ1n) is 6.12. The molecule has 1 aromatic carbocycles. The minimum absolute atomic E-state index is 0.0290. The number of nitriles is 1. The predicted octanol–water partition coefficient (Wildman–Crippen LogP) is 2.82. The van der Waals surface area contributed by atoms with E-state index < -0.39 is 9.84 Å². The molecular formula is C14H19NO2S. The zero-order valence-electron chi connectivity index (χ0n) is 11.1. The van der Waals surface area contributed by atoms with Crippen LogP contribution < -0.4 is 0 Å². The second kappa shape index (κ2) is 6.01. The molecular weight excluding hydrogens is 246 g/mol. The highest BCUT2D eigenvalue weighted by Gasteiger charge is 2.14. The Morgan fingerprint density at radius 1 is 1.22 bits per heavy atom. The van der Waals surface area contributed by atoms with Gasteiger partial charge in [-0.05, 0) is 30.0 Å². The number of nitrogens with zero attached hydrogens (tertiary/aromatic N) is 1. The van der Waals surface area contributed by atoms with Crippen molar-refractivity contribution < 1.29 is 8.42 Å². The van der Waals surface area contributed by atoms with E-state index in [1.165, 1.54) is 0 Å². The van der Waals surface area contributed by atoms with Gasteiger partial charge in [0.2, 0.25) is 0 Å². The fourth-order valence-corrected chi connectivity index (χ4v) is 2.57. The summed E-state index contributed by atoms with van der Waals surface area (Å²) in [6, 6.07) is 9.15. The van der Waals surface area contributed by atoms with Crippen molar-refractivity contribution in [1.29, 1.82) is 5.26 Å². The predicted molar refractivity (Wildman–Crippen MR) is 71.8 cm³/mol. The molecule has 0 heterocycles. The lowest BCUT2D eigenvalue weighted by Gasteiger charge is -2.12. The molecule has 0 saturated carbocycles. The summed E-state index contributed by atoms with van der Waals surface area (Å²) in [6.45, 7) is 5.67. The van der Waals surface area contributed by atoms with Gasteiger partial charge in [-0.2, -0.15) is 5.26 Å². The maximum Gasteiger partial charge on any atom is 0.178 e. The second-order valence-electron chi connectivity index (χ2n) is 4.73. The molecule has 0 aliphatic carbocycles.